The summed E-state index contributed by atoms with van der Waals surface area (Å²) < 4.78 is 5.14. The van der Waals surface area contributed by atoms with Crippen LogP contribution in [0, 0.1) is 0 Å². The normalized spacial score (nSPS) is 18.5. The molecule has 6 rings (SSSR count). The highest BCUT2D eigenvalue weighted by Crippen LogP contribution is 2.38. The summed E-state index contributed by atoms with van der Waals surface area (Å²) in [7, 11) is 1.39. The molecule has 2 aliphatic rings. The molecule has 3 heterocycles. The Kier molecular flexibility index (Phi) is 6.02. The van der Waals surface area contributed by atoms with Crippen molar-refractivity contribution in [2.75, 3.05) is 23.9 Å². The Bertz CT molecular complexity index is 1620. The van der Waals surface area contributed by atoms with Gasteiger partial charge in [-0.2, -0.15) is 0 Å². The van der Waals surface area contributed by atoms with E-state index in [-0.39, 0.29) is 28.6 Å². The third-order valence-electron chi connectivity index (χ3n) is 6.93. The van der Waals surface area contributed by atoms with Crippen LogP contribution in [0.5, 0.6) is 5.75 Å². The summed E-state index contributed by atoms with van der Waals surface area (Å²) in [5.41, 5.74) is 3.72. The van der Waals surface area contributed by atoms with Crippen molar-refractivity contribution in [3.63, 3.8) is 0 Å². The summed E-state index contributed by atoms with van der Waals surface area (Å²) in [6, 6.07) is 15.6. The van der Waals surface area contributed by atoms with Gasteiger partial charge in [0.05, 0.1) is 12.6 Å². The van der Waals surface area contributed by atoms with E-state index < -0.39 is 10.9 Å². The molecule has 186 valence electrons. The fraction of sp³-hybridized carbons (Fsp3) is 0.214. The van der Waals surface area contributed by atoms with E-state index in [4.69, 9.17) is 4.74 Å². The third kappa shape index (κ3) is 4.10. The molecule has 1 amide bonds. The smallest absolute Gasteiger partial charge is 0.272 e. The Morgan fingerprint density at radius 1 is 1.16 bits per heavy atom. The lowest BCUT2D eigenvalue weighted by molar-refractivity contribution is -0.115. The molecule has 0 spiro atoms. The largest absolute Gasteiger partial charge is 0.491 e. The number of anilines is 3. The summed E-state index contributed by atoms with van der Waals surface area (Å²) >= 11 is 1.48. The van der Waals surface area contributed by atoms with Gasteiger partial charge >= 0.3 is 0 Å². The van der Waals surface area contributed by atoms with E-state index in [0.717, 1.165) is 34.1 Å². The van der Waals surface area contributed by atoms with Crippen LogP contribution in [0.25, 0.3) is 10.9 Å². The molecule has 1 aromatic heterocycles. The molecule has 0 radical (unpaired) electrons. The topological polar surface area (TPSA) is 101 Å². The van der Waals surface area contributed by atoms with E-state index in [1.165, 1.54) is 18.9 Å². The fourth-order valence-electron chi connectivity index (χ4n) is 5.03. The first-order valence-electron chi connectivity index (χ1n) is 12.0. The van der Waals surface area contributed by atoms with Crippen molar-refractivity contribution in [3.8, 4) is 5.75 Å². The molecule has 2 unspecified atom stereocenters. The average molecular weight is 513 g/mol. The van der Waals surface area contributed by atoms with Crippen molar-refractivity contribution in [3.05, 3.63) is 97.8 Å². The number of hydrogen-bond acceptors (Lipinski definition) is 8. The first-order chi connectivity index (χ1) is 18.0. The number of rotatable bonds is 7. The van der Waals surface area contributed by atoms with Gasteiger partial charge in [0.2, 0.25) is 5.91 Å². The van der Waals surface area contributed by atoms with Gasteiger partial charge in [-0.05, 0) is 47.2 Å². The molecule has 0 aliphatic carbocycles. The maximum absolute atomic E-state index is 13.3. The molecule has 9 heteroatoms. The van der Waals surface area contributed by atoms with Gasteiger partial charge in [-0.1, -0.05) is 30.3 Å². The predicted molar refractivity (Wildman–Crippen MR) is 147 cm³/mol. The second-order valence-corrected chi connectivity index (χ2v) is 10.1. The number of carbonyl (C=O) groups excluding carboxylic acids is 1. The Balaban J connectivity index is 1.16. The molecule has 2 atom stereocenters. The number of ether oxygens (including phenoxy) is 1. The van der Waals surface area contributed by atoms with Crippen LogP contribution in [0.3, 0.4) is 0 Å². The molecule has 37 heavy (non-hydrogen) atoms. The average Bonchev–Trinajstić information content (AvgIpc) is 3.56. The fourth-order valence-corrected chi connectivity index (χ4v) is 6.00. The summed E-state index contributed by atoms with van der Waals surface area (Å²) in [5.74, 6) is -0.0140. The minimum absolute atomic E-state index is 0.0941. The van der Waals surface area contributed by atoms with Gasteiger partial charge in [-0.15, -0.1) is 11.8 Å². The van der Waals surface area contributed by atoms with Gasteiger partial charge in [-0.25, -0.2) is 0 Å². The SMILES string of the molecule is COc1c(N2CCc3ccc(NC(=O)C4SC=CC4NCc4ccnc5ccccc45)cc32)c(=O)c1=O. The van der Waals surface area contributed by atoms with Gasteiger partial charge in [0, 0.05) is 42.1 Å². The molecule has 0 saturated carbocycles. The number of amides is 1. The summed E-state index contributed by atoms with van der Waals surface area (Å²) in [6.45, 7) is 1.19. The molecule has 0 bridgehead atoms. The van der Waals surface area contributed by atoms with Crippen molar-refractivity contribution in [2.45, 2.75) is 24.3 Å². The van der Waals surface area contributed by atoms with Crippen LogP contribution >= 0.6 is 11.8 Å². The molecule has 2 aliphatic heterocycles. The van der Waals surface area contributed by atoms with Gasteiger partial charge < -0.3 is 20.3 Å². The number of para-hydroxylation sites is 1. The van der Waals surface area contributed by atoms with Crippen molar-refractivity contribution >= 4 is 45.6 Å². The van der Waals surface area contributed by atoms with Crippen LogP contribution in [0.2, 0.25) is 0 Å². The lowest BCUT2D eigenvalue weighted by Gasteiger charge is -2.23. The Morgan fingerprint density at radius 2 is 2.03 bits per heavy atom. The zero-order valence-corrected chi connectivity index (χ0v) is 20.9. The summed E-state index contributed by atoms with van der Waals surface area (Å²) in [4.78, 5) is 43.5. The standard InChI is InChI=1S/C28H24N4O4S/c1-36-26-23(24(33)25(26)34)32-12-9-16-6-7-18(14-22(16)32)31-28(35)27-21(10-13-37-27)30-15-17-8-11-29-20-5-3-2-4-19(17)20/h2-8,10-11,13-14,21,27,30H,9,12,15H2,1H3,(H,31,35). The second-order valence-electron chi connectivity index (χ2n) is 9.05. The Labute approximate surface area is 217 Å². The van der Waals surface area contributed by atoms with Gasteiger partial charge in [0.1, 0.15) is 10.9 Å². The number of nitrogens with one attached hydrogen (secondary N) is 2. The zero-order valence-electron chi connectivity index (χ0n) is 20.1. The maximum atomic E-state index is 13.3. The number of pyridine rings is 1. The number of methoxy groups -OCH3 is 1. The van der Waals surface area contributed by atoms with Crippen LogP contribution in [0.1, 0.15) is 11.1 Å². The van der Waals surface area contributed by atoms with Crippen LogP contribution in [-0.4, -0.2) is 35.8 Å². The van der Waals surface area contributed by atoms with E-state index in [2.05, 4.69) is 21.7 Å². The first kappa shape index (κ1) is 23.4. The first-order valence-corrected chi connectivity index (χ1v) is 13.0. The van der Waals surface area contributed by atoms with E-state index >= 15 is 0 Å². The maximum Gasteiger partial charge on any atom is 0.272 e. The third-order valence-corrected chi connectivity index (χ3v) is 8.04. The lowest BCUT2D eigenvalue weighted by Crippen LogP contribution is -2.41. The number of hydrogen-bond donors (Lipinski definition) is 2. The highest BCUT2D eigenvalue weighted by atomic mass is 32.2. The second kappa shape index (κ2) is 9.49. The molecule has 4 aromatic rings. The summed E-state index contributed by atoms with van der Waals surface area (Å²) in [6.07, 6.45) is 4.56. The van der Waals surface area contributed by atoms with Crippen LogP contribution < -0.4 is 31.1 Å². The number of fused-ring (bicyclic) bond motifs is 2. The highest BCUT2D eigenvalue weighted by molar-refractivity contribution is 8.03. The Morgan fingerprint density at radius 3 is 2.89 bits per heavy atom. The quantitative estimate of drug-likeness (QED) is 0.364. The predicted octanol–water partition coefficient (Wildman–Crippen LogP) is 3.26. The minimum Gasteiger partial charge on any atom is -0.491 e. The van der Waals surface area contributed by atoms with Crippen molar-refractivity contribution in [1.82, 2.24) is 10.3 Å². The monoisotopic (exact) mass is 512 g/mol. The molecule has 8 nitrogen and oxygen atoms in total. The van der Waals surface area contributed by atoms with E-state index in [9.17, 15) is 14.4 Å². The van der Waals surface area contributed by atoms with Crippen molar-refractivity contribution in [1.29, 1.82) is 0 Å². The number of benzene rings is 2. The van der Waals surface area contributed by atoms with Crippen LogP contribution in [0.4, 0.5) is 17.1 Å². The minimum atomic E-state index is -0.598. The number of thioether (sulfide) groups is 1. The van der Waals surface area contributed by atoms with Gasteiger partial charge in [0.15, 0.2) is 5.75 Å². The van der Waals surface area contributed by atoms with Crippen LogP contribution in [-0.2, 0) is 17.8 Å². The summed E-state index contributed by atoms with van der Waals surface area (Å²) in [5, 5.41) is 9.27. The molecular weight excluding hydrogens is 488 g/mol. The Hall–Kier alpha value is -3.95. The van der Waals surface area contributed by atoms with Crippen molar-refractivity contribution in [2.24, 2.45) is 0 Å². The molecule has 2 N–H and O–H groups in total. The zero-order chi connectivity index (χ0) is 25.5. The lowest BCUT2D eigenvalue weighted by atomic mass is 10.1. The van der Waals surface area contributed by atoms with E-state index in [1.807, 2.05) is 58.8 Å². The van der Waals surface area contributed by atoms with Gasteiger partial charge in [-0.3, -0.25) is 19.4 Å². The number of aromatic nitrogens is 1. The highest BCUT2D eigenvalue weighted by Gasteiger charge is 2.33. The molecule has 0 saturated heterocycles. The van der Waals surface area contributed by atoms with Gasteiger partial charge in [0.25, 0.3) is 10.9 Å². The van der Waals surface area contributed by atoms with E-state index in [0.29, 0.717) is 18.8 Å². The molecular formula is C28H24N4O4S. The molecule has 0 fully saturated rings. The molecule has 3 aromatic carbocycles. The van der Waals surface area contributed by atoms with Crippen molar-refractivity contribution < 1.29 is 9.53 Å². The number of carbonyl (C=O) groups is 1. The van der Waals surface area contributed by atoms with E-state index in [1.54, 1.807) is 6.20 Å². The number of nitrogens with zero attached hydrogens (tertiary/aromatic N) is 2. The van der Waals surface area contributed by atoms with Crippen LogP contribution in [0.15, 0.2) is 75.8 Å².